The fourth-order valence-electron chi connectivity index (χ4n) is 3.85. The largest absolute Gasteiger partial charge is 0.484 e. The monoisotopic (exact) mass is 343 g/mol. The molecule has 1 atom stereocenters. The molecule has 0 bridgehead atoms. The summed E-state index contributed by atoms with van der Waals surface area (Å²) in [5.41, 5.74) is 0. The molecule has 0 aromatic carbocycles. The van der Waals surface area contributed by atoms with Crippen molar-refractivity contribution >= 4 is 0 Å². The van der Waals surface area contributed by atoms with Crippen molar-refractivity contribution in [3.8, 4) is 5.75 Å². The summed E-state index contributed by atoms with van der Waals surface area (Å²) in [6.07, 6.45) is 6.64. The Labute approximate surface area is 148 Å². The van der Waals surface area contributed by atoms with Gasteiger partial charge in [-0.05, 0) is 31.9 Å². The quantitative estimate of drug-likeness (QED) is 0.841. The highest BCUT2D eigenvalue weighted by atomic mass is 16.5. The summed E-state index contributed by atoms with van der Waals surface area (Å²) < 4.78 is 13.6. The molecule has 2 aliphatic heterocycles. The highest BCUT2D eigenvalue weighted by Crippen LogP contribution is 2.22. The first-order valence-corrected chi connectivity index (χ1v) is 9.08. The lowest BCUT2D eigenvalue weighted by Gasteiger charge is -2.37. The van der Waals surface area contributed by atoms with Crippen LogP contribution in [-0.2, 0) is 24.3 Å². The molecular formula is C18H25N5O2. The minimum Gasteiger partial charge on any atom is -0.484 e. The van der Waals surface area contributed by atoms with Crippen molar-refractivity contribution in [1.29, 1.82) is 0 Å². The van der Waals surface area contributed by atoms with E-state index in [-0.39, 0.29) is 0 Å². The maximum Gasteiger partial charge on any atom is 0.171 e. The fourth-order valence-corrected chi connectivity index (χ4v) is 3.85. The van der Waals surface area contributed by atoms with Gasteiger partial charge in [-0.2, -0.15) is 0 Å². The molecule has 25 heavy (non-hydrogen) atoms. The van der Waals surface area contributed by atoms with Crippen LogP contribution in [-0.4, -0.2) is 56.5 Å². The molecule has 0 spiro atoms. The van der Waals surface area contributed by atoms with Crippen LogP contribution in [0.2, 0.25) is 0 Å². The molecule has 0 unspecified atom stereocenters. The zero-order chi connectivity index (χ0) is 17.1. The van der Waals surface area contributed by atoms with Crippen LogP contribution < -0.4 is 4.74 Å². The highest BCUT2D eigenvalue weighted by molar-refractivity contribution is 5.15. The van der Waals surface area contributed by atoms with Gasteiger partial charge in [0.1, 0.15) is 18.2 Å². The van der Waals surface area contributed by atoms with Crippen LogP contribution in [0.1, 0.15) is 31.4 Å². The normalized spacial score (nSPS) is 22.4. The SMILES string of the molecule is C[C@H]1Cc2nnc(COc3cccnc3)n2CCN1C1CCOCC1. The van der Waals surface area contributed by atoms with Crippen LogP contribution >= 0.6 is 0 Å². The standard InChI is InChI=1S/C18H25N5O2/c1-14-11-17-20-21-18(13-25-16-3-2-6-19-12-16)23(17)8-7-22(14)15-4-9-24-10-5-15/h2-3,6,12,14-15H,4-5,7-11,13H2,1H3/t14-/m0/s1. The topological polar surface area (TPSA) is 65.3 Å². The third-order valence-corrected chi connectivity index (χ3v) is 5.19. The van der Waals surface area contributed by atoms with Gasteiger partial charge in [-0.15, -0.1) is 10.2 Å². The van der Waals surface area contributed by atoms with E-state index in [1.165, 1.54) is 0 Å². The fraction of sp³-hybridized carbons (Fsp3) is 0.611. The molecule has 0 N–H and O–H groups in total. The Kier molecular flexibility index (Phi) is 4.94. The predicted octanol–water partition coefficient (Wildman–Crippen LogP) is 1.68. The molecule has 0 aliphatic carbocycles. The van der Waals surface area contributed by atoms with Crippen molar-refractivity contribution in [2.45, 2.75) is 51.4 Å². The molecule has 2 aromatic heterocycles. The summed E-state index contributed by atoms with van der Waals surface area (Å²) >= 11 is 0. The van der Waals surface area contributed by atoms with Crippen molar-refractivity contribution in [2.24, 2.45) is 0 Å². The van der Waals surface area contributed by atoms with Gasteiger partial charge in [0.2, 0.25) is 0 Å². The second kappa shape index (κ2) is 7.49. The Bertz CT molecular complexity index is 684. The van der Waals surface area contributed by atoms with Gasteiger partial charge in [0.25, 0.3) is 0 Å². The van der Waals surface area contributed by atoms with Crippen LogP contribution in [0.15, 0.2) is 24.5 Å². The molecule has 7 heteroatoms. The van der Waals surface area contributed by atoms with Gasteiger partial charge in [0.15, 0.2) is 5.82 Å². The zero-order valence-electron chi connectivity index (χ0n) is 14.7. The van der Waals surface area contributed by atoms with Gasteiger partial charge >= 0.3 is 0 Å². The smallest absolute Gasteiger partial charge is 0.171 e. The Hall–Kier alpha value is -1.99. The summed E-state index contributed by atoms with van der Waals surface area (Å²) in [6, 6.07) is 4.87. The third-order valence-electron chi connectivity index (χ3n) is 5.19. The lowest BCUT2D eigenvalue weighted by Crippen LogP contribution is -2.45. The molecule has 4 rings (SSSR count). The summed E-state index contributed by atoms with van der Waals surface area (Å²) in [4.78, 5) is 6.70. The molecule has 0 saturated carbocycles. The van der Waals surface area contributed by atoms with E-state index in [4.69, 9.17) is 9.47 Å². The van der Waals surface area contributed by atoms with E-state index < -0.39 is 0 Å². The predicted molar refractivity (Wildman–Crippen MR) is 92.3 cm³/mol. The molecule has 1 saturated heterocycles. The highest BCUT2D eigenvalue weighted by Gasteiger charge is 2.30. The van der Waals surface area contributed by atoms with E-state index in [2.05, 4.69) is 31.6 Å². The van der Waals surface area contributed by atoms with Crippen molar-refractivity contribution in [2.75, 3.05) is 19.8 Å². The lowest BCUT2D eigenvalue weighted by molar-refractivity contribution is 0.0203. The van der Waals surface area contributed by atoms with Gasteiger partial charge in [-0.25, -0.2) is 0 Å². The van der Waals surface area contributed by atoms with Gasteiger partial charge in [-0.1, -0.05) is 0 Å². The van der Waals surface area contributed by atoms with Crippen LogP contribution in [0.4, 0.5) is 0 Å². The van der Waals surface area contributed by atoms with Crippen LogP contribution in [0, 0.1) is 0 Å². The van der Waals surface area contributed by atoms with E-state index in [0.29, 0.717) is 18.7 Å². The van der Waals surface area contributed by atoms with Crippen molar-refractivity contribution in [3.05, 3.63) is 36.2 Å². The summed E-state index contributed by atoms with van der Waals surface area (Å²) in [5, 5.41) is 8.78. The Morgan fingerprint density at radius 3 is 2.92 bits per heavy atom. The number of fused-ring (bicyclic) bond motifs is 1. The van der Waals surface area contributed by atoms with E-state index >= 15 is 0 Å². The van der Waals surface area contributed by atoms with Crippen molar-refractivity contribution in [3.63, 3.8) is 0 Å². The minimum atomic E-state index is 0.421. The summed E-state index contributed by atoms with van der Waals surface area (Å²) in [7, 11) is 0. The number of hydrogen-bond acceptors (Lipinski definition) is 6. The Morgan fingerprint density at radius 2 is 2.12 bits per heavy atom. The number of nitrogens with zero attached hydrogens (tertiary/aromatic N) is 5. The molecular weight excluding hydrogens is 318 g/mol. The molecule has 4 heterocycles. The van der Waals surface area contributed by atoms with E-state index in [9.17, 15) is 0 Å². The number of ether oxygens (including phenoxy) is 2. The first-order valence-electron chi connectivity index (χ1n) is 9.08. The average Bonchev–Trinajstić information content (AvgIpc) is 2.95. The van der Waals surface area contributed by atoms with Crippen LogP contribution in [0.5, 0.6) is 5.75 Å². The summed E-state index contributed by atoms with van der Waals surface area (Å²) in [6.45, 7) is 6.41. The van der Waals surface area contributed by atoms with Gasteiger partial charge in [-0.3, -0.25) is 9.88 Å². The number of rotatable bonds is 4. The maximum atomic E-state index is 5.81. The third kappa shape index (κ3) is 3.67. The number of hydrogen-bond donors (Lipinski definition) is 0. The van der Waals surface area contributed by atoms with Crippen LogP contribution in [0.3, 0.4) is 0 Å². The first kappa shape index (κ1) is 16.5. The molecule has 7 nitrogen and oxygen atoms in total. The molecule has 2 aromatic rings. The lowest BCUT2D eigenvalue weighted by atomic mass is 10.0. The van der Waals surface area contributed by atoms with E-state index in [0.717, 1.165) is 63.0 Å². The van der Waals surface area contributed by atoms with E-state index in [1.807, 2.05) is 12.1 Å². The molecule has 0 radical (unpaired) electrons. The van der Waals surface area contributed by atoms with Gasteiger partial charge < -0.3 is 14.0 Å². The first-order chi connectivity index (χ1) is 12.3. The molecule has 1 fully saturated rings. The zero-order valence-corrected chi connectivity index (χ0v) is 14.7. The maximum absolute atomic E-state index is 5.81. The molecule has 2 aliphatic rings. The number of aromatic nitrogens is 4. The second-order valence-corrected chi connectivity index (χ2v) is 6.80. The van der Waals surface area contributed by atoms with Crippen molar-refractivity contribution in [1.82, 2.24) is 24.6 Å². The van der Waals surface area contributed by atoms with E-state index in [1.54, 1.807) is 12.4 Å². The minimum absolute atomic E-state index is 0.421. The van der Waals surface area contributed by atoms with Crippen molar-refractivity contribution < 1.29 is 9.47 Å². The van der Waals surface area contributed by atoms with Gasteiger partial charge in [0, 0.05) is 51.0 Å². The van der Waals surface area contributed by atoms with Crippen LogP contribution in [0.25, 0.3) is 0 Å². The number of pyridine rings is 1. The molecule has 0 amide bonds. The summed E-state index contributed by atoms with van der Waals surface area (Å²) in [5.74, 6) is 2.71. The second-order valence-electron chi connectivity index (χ2n) is 6.80. The Balaban J connectivity index is 1.44. The van der Waals surface area contributed by atoms with Gasteiger partial charge in [0.05, 0.1) is 6.20 Å². The molecule has 134 valence electrons. The average molecular weight is 343 g/mol. The Morgan fingerprint density at radius 1 is 1.24 bits per heavy atom.